The van der Waals surface area contributed by atoms with Crippen LogP contribution in [0.2, 0.25) is 0 Å². The Labute approximate surface area is 160 Å². The van der Waals surface area contributed by atoms with Crippen molar-refractivity contribution in [3.05, 3.63) is 60.4 Å². The number of pyridine rings is 1. The normalized spacial score (nSPS) is 14.1. The van der Waals surface area contributed by atoms with Crippen molar-refractivity contribution in [2.45, 2.75) is 25.7 Å². The fourth-order valence-corrected chi connectivity index (χ4v) is 3.21. The minimum absolute atomic E-state index is 0.141. The molecule has 1 fully saturated rings. The summed E-state index contributed by atoms with van der Waals surface area (Å²) in [6.45, 7) is 2.31. The van der Waals surface area contributed by atoms with Crippen molar-refractivity contribution in [3.8, 4) is 0 Å². The predicted octanol–water partition coefficient (Wildman–Crippen LogP) is 3.17. The molecule has 6 nitrogen and oxygen atoms in total. The molecule has 0 spiro atoms. The summed E-state index contributed by atoms with van der Waals surface area (Å²) in [5.41, 5.74) is 2.00. The Balaban J connectivity index is 1.34. The molecule has 1 aliphatic heterocycles. The quantitative estimate of drug-likeness (QED) is 0.799. The molecule has 3 rings (SSSR count). The number of urea groups is 1. The van der Waals surface area contributed by atoms with Crippen molar-refractivity contribution in [3.63, 3.8) is 0 Å². The van der Waals surface area contributed by atoms with E-state index in [1.807, 2.05) is 23.1 Å². The molecule has 0 unspecified atom stereocenters. The van der Waals surface area contributed by atoms with E-state index in [0.29, 0.717) is 38.3 Å². The number of hydrogen-bond donors (Lipinski definition) is 1. The van der Waals surface area contributed by atoms with Gasteiger partial charge in [-0.05, 0) is 37.0 Å². The summed E-state index contributed by atoms with van der Waals surface area (Å²) in [5.74, 6) is 0.190. The summed E-state index contributed by atoms with van der Waals surface area (Å²) < 4.78 is 0. The van der Waals surface area contributed by atoms with Gasteiger partial charge in [0.15, 0.2) is 0 Å². The van der Waals surface area contributed by atoms with Gasteiger partial charge in [0.2, 0.25) is 5.91 Å². The molecule has 0 bridgehead atoms. The maximum absolute atomic E-state index is 12.4. The second-order valence-electron chi connectivity index (χ2n) is 6.73. The molecule has 0 radical (unpaired) electrons. The van der Waals surface area contributed by atoms with Crippen LogP contribution >= 0.6 is 0 Å². The van der Waals surface area contributed by atoms with Crippen molar-refractivity contribution >= 4 is 17.6 Å². The zero-order chi connectivity index (χ0) is 18.9. The molecule has 3 amide bonds. The number of unbranched alkanes of at least 4 members (excludes halogenated alkanes) is 1. The fraction of sp³-hybridized carbons (Fsp3) is 0.381. The SMILES string of the molecule is O=C(CCCCc1ccccc1)N1CCN(C(=O)Nc2cccnc2)CC1. The van der Waals surface area contributed by atoms with Crippen LogP contribution in [-0.2, 0) is 11.2 Å². The van der Waals surface area contributed by atoms with Crippen molar-refractivity contribution < 1.29 is 9.59 Å². The van der Waals surface area contributed by atoms with E-state index in [1.54, 1.807) is 29.4 Å². The van der Waals surface area contributed by atoms with Gasteiger partial charge in [-0.25, -0.2) is 4.79 Å². The number of hydrogen-bond acceptors (Lipinski definition) is 3. The highest BCUT2D eigenvalue weighted by atomic mass is 16.2. The lowest BCUT2D eigenvalue weighted by molar-refractivity contribution is -0.132. The van der Waals surface area contributed by atoms with Gasteiger partial charge in [-0.2, -0.15) is 0 Å². The number of carbonyl (C=O) groups is 2. The van der Waals surface area contributed by atoms with Crippen molar-refractivity contribution in [2.24, 2.45) is 0 Å². The van der Waals surface area contributed by atoms with Crippen LogP contribution in [0.1, 0.15) is 24.8 Å². The lowest BCUT2D eigenvalue weighted by Crippen LogP contribution is -2.51. The number of carbonyl (C=O) groups excluding carboxylic acids is 2. The molecule has 0 saturated carbocycles. The average Bonchev–Trinajstić information content (AvgIpc) is 2.72. The van der Waals surface area contributed by atoms with Crippen molar-refractivity contribution in [1.29, 1.82) is 0 Å². The maximum Gasteiger partial charge on any atom is 0.322 e. The van der Waals surface area contributed by atoms with Crippen molar-refractivity contribution in [2.75, 3.05) is 31.5 Å². The van der Waals surface area contributed by atoms with E-state index in [9.17, 15) is 9.59 Å². The Morgan fingerprint density at radius 3 is 2.37 bits per heavy atom. The van der Waals surface area contributed by atoms with E-state index >= 15 is 0 Å². The Morgan fingerprint density at radius 1 is 0.926 bits per heavy atom. The van der Waals surface area contributed by atoms with Gasteiger partial charge in [-0.15, -0.1) is 0 Å². The minimum Gasteiger partial charge on any atom is -0.339 e. The summed E-state index contributed by atoms with van der Waals surface area (Å²) in [5, 5.41) is 2.83. The van der Waals surface area contributed by atoms with Crippen LogP contribution in [0.15, 0.2) is 54.9 Å². The second kappa shape index (κ2) is 9.71. The third-order valence-electron chi connectivity index (χ3n) is 4.78. The highest BCUT2D eigenvalue weighted by molar-refractivity contribution is 5.89. The summed E-state index contributed by atoms with van der Waals surface area (Å²) in [6.07, 6.45) is 6.79. The smallest absolute Gasteiger partial charge is 0.322 e. The van der Waals surface area contributed by atoms with E-state index < -0.39 is 0 Å². The topological polar surface area (TPSA) is 65.5 Å². The molecule has 27 heavy (non-hydrogen) atoms. The minimum atomic E-state index is -0.141. The molecule has 0 atom stereocenters. The van der Waals surface area contributed by atoms with Gasteiger partial charge < -0.3 is 15.1 Å². The van der Waals surface area contributed by atoms with Gasteiger partial charge in [0.1, 0.15) is 0 Å². The second-order valence-corrected chi connectivity index (χ2v) is 6.73. The van der Waals surface area contributed by atoms with E-state index in [-0.39, 0.29) is 11.9 Å². The summed E-state index contributed by atoms with van der Waals surface area (Å²) >= 11 is 0. The number of piperazine rings is 1. The highest BCUT2D eigenvalue weighted by Crippen LogP contribution is 2.11. The van der Waals surface area contributed by atoms with Gasteiger partial charge >= 0.3 is 6.03 Å². The first-order valence-electron chi connectivity index (χ1n) is 9.50. The third kappa shape index (κ3) is 5.81. The summed E-state index contributed by atoms with van der Waals surface area (Å²) in [7, 11) is 0. The van der Waals surface area contributed by atoms with E-state index in [0.717, 1.165) is 19.3 Å². The van der Waals surface area contributed by atoms with Crippen LogP contribution in [0.3, 0.4) is 0 Å². The molecular weight excluding hydrogens is 340 g/mol. The lowest BCUT2D eigenvalue weighted by Gasteiger charge is -2.34. The number of nitrogens with one attached hydrogen (secondary N) is 1. The molecule has 1 aliphatic rings. The molecule has 1 N–H and O–H groups in total. The standard InChI is InChI=1S/C21H26N4O2/c26-20(11-5-4-9-18-7-2-1-3-8-18)24-13-15-25(16-14-24)21(27)23-19-10-6-12-22-17-19/h1-3,6-8,10,12,17H,4-5,9,11,13-16H2,(H,23,27). The number of amides is 3. The Hall–Kier alpha value is -2.89. The van der Waals surface area contributed by atoms with Gasteiger partial charge in [-0.3, -0.25) is 9.78 Å². The average molecular weight is 366 g/mol. The lowest BCUT2D eigenvalue weighted by atomic mass is 10.1. The van der Waals surface area contributed by atoms with Gasteiger partial charge in [0.25, 0.3) is 0 Å². The summed E-state index contributed by atoms with van der Waals surface area (Å²) in [6, 6.07) is 13.8. The number of aryl methyl sites for hydroxylation is 1. The predicted molar refractivity (Wildman–Crippen MR) is 105 cm³/mol. The molecule has 6 heteroatoms. The molecule has 2 heterocycles. The number of anilines is 1. The largest absolute Gasteiger partial charge is 0.339 e. The summed E-state index contributed by atoms with van der Waals surface area (Å²) in [4.78, 5) is 32.2. The van der Waals surface area contributed by atoms with E-state index in [2.05, 4.69) is 22.4 Å². The van der Waals surface area contributed by atoms with Crippen LogP contribution in [0.25, 0.3) is 0 Å². The zero-order valence-electron chi connectivity index (χ0n) is 15.5. The molecular formula is C21H26N4O2. The van der Waals surface area contributed by atoms with Crippen LogP contribution in [0, 0.1) is 0 Å². The monoisotopic (exact) mass is 366 g/mol. The Bertz CT molecular complexity index is 728. The molecule has 1 saturated heterocycles. The van der Waals surface area contributed by atoms with Gasteiger partial charge in [0, 0.05) is 38.8 Å². The fourth-order valence-electron chi connectivity index (χ4n) is 3.21. The van der Waals surface area contributed by atoms with Crippen LogP contribution in [0.4, 0.5) is 10.5 Å². The Morgan fingerprint density at radius 2 is 1.67 bits per heavy atom. The first kappa shape index (κ1) is 18.9. The first-order chi connectivity index (χ1) is 13.2. The molecule has 2 aromatic rings. The van der Waals surface area contributed by atoms with Gasteiger partial charge in [0.05, 0.1) is 11.9 Å². The van der Waals surface area contributed by atoms with E-state index in [1.165, 1.54) is 5.56 Å². The van der Waals surface area contributed by atoms with Gasteiger partial charge in [-0.1, -0.05) is 30.3 Å². The van der Waals surface area contributed by atoms with Crippen LogP contribution in [-0.4, -0.2) is 52.9 Å². The maximum atomic E-state index is 12.4. The molecule has 142 valence electrons. The zero-order valence-corrected chi connectivity index (χ0v) is 15.5. The Kier molecular flexibility index (Phi) is 6.79. The molecule has 1 aromatic carbocycles. The van der Waals surface area contributed by atoms with Crippen LogP contribution < -0.4 is 5.32 Å². The molecule has 1 aromatic heterocycles. The number of rotatable bonds is 6. The molecule has 0 aliphatic carbocycles. The number of benzene rings is 1. The number of aromatic nitrogens is 1. The van der Waals surface area contributed by atoms with Crippen molar-refractivity contribution in [1.82, 2.24) is 14.8 Å². The number of nitrogens with zero attached hydrogens (tertiary/aromatic N) is 3. The third-order valence-corrected chi connectivity index (χ3v) is 4.78. The van der Waals surface area contributed by atoms with Crippen LogP contribution in [0.5, 0.6) is 0 Å². The first-order valence-corrected chi connectivity index (χ1v) is 9.50. The van der Waals surface area contributed by atoms with E-state index in [4.69, 9.17) is 0 Å². The highest BCUT2D eigenvalue weighted by Gasteiger charge is 2.23.